The molecule has 1 unspecified atom stereocenters. The molecule has 0 bridgehead atoms. The first-order valence-corrected chi connectivity index (χ1v) is 8.31. The number of nitrogens with zero attached hydrogens (tertiary/aromatic N) is 5. The summed E-state index contributed by atoms with van der Waals surface area (Å²) in [5.41, 5.74) is 3.01. The second-order valence-corrected chi connectivity index (χ2v) is 6.34. The highest BCUT2D eigenvalue weighted by Gasteiger charge is 2.22. The van der Waals surface area contributed by atoms with Crippen molar-refractivity contribution in [1.29, 1.82) is 0 Å². The number of hydrogen-bond acceptors (Lipinski definition) is 5. The van der Waals surface area contributed by atoms with Crippen LogP contribution in [0.25, 0.3) is 11.4 Å². The number of aromatic nitrogens is 4. The molecule has 6 heteroatoms. The van der Waals surface area contributed by atoms with E-state index in [9.17, 15) is 0 Å². The largest absolute Gasteiger partial charge is 0.395 e. The van der Waals surface area contributed by atoms with Gasteiger partial charge in [0.25, 0.3) is 0 Å². The predicted octanol–water partition coefficient (Wildman–Crippen LogP) is 1.43. The van der Waals surface area contributed by atoms with Crippen LogP contribution in [0.4, 0.5) is 0 Å². The summed E-state index contributed by atoms with van der Waals surface area (Å²) >= 11 is 0. The maximum Gasteiger partial charge on any atom is 0.110 e. The summed E-state index contributed by atoms with van der Waals surface area (Å²) in [4.78, 5) is 15.9. The van der Waals surface area contributed by atoms with E-state index in [0.29, 0.717) is 5.92 Å². The van der Waals surface area contributed by atoms with Crippen LogP contribution in [0.5, 0.6) is 0 Å². The number of aliphatic hydroxyl groups excluding tert-OH is 1. The molecule has 1 atom stereocenters. The molecule has 0 saturated carbocycles. The van der Waals surface area contributed by atoms with Crippen LogP contribution in [-0.4, -0.2) is 55.8 Å². The Labute approximate surface area is 137 Å². The van der Waals surface area contributed by atoms with Crippen molar-refractivity contribution in [2.24, 2.45) is 13.0 Å². The van der Waals surface area contributed by atoms with Crippen molar-refractivity contribution in [1.82, 2.24) is 24.4 Å². The number of imidazole rings is 1. The van der Waals surface area contributed by atoms with Gasteiger partial charge < -0.3 is 14.6 Å². The van der Waals surface area contributed by atoms with Gasteiger partial charge in [0, 0.05) is 32.5 Å². The third kappa shape index (κ3) is 3.59. The van der Waals surface area contributed by atoms with Gasteiger partial charge in [0.1, 0.15) is 11.5 Å². The molecule has 23 heavy (non-hydrogen) atoms. The molecule has 6 nitrogen and oxygen atoms in total. The van der Waals surface area contributed by atoms with Crippen molar-refractivity contribution in [3.63, 3.8) is 0 Å². The van der Waals surface area contributed by atoms with Crippen molar-refractivity contribution in [3.05, 3.63) is 30.1 Å². The molecule has 1 aliphatic rings. The predicted molar refractivity (Wildman–Crippen MR) is 88.9 cm³/mol. The van der Waals surface area contributed by atoms with Crippen LogP contribution in [0.2, 0.25) is 0 Å². The van der Waals surface area contributed by atoms with Gasteiger partial charge in [-0.2, -0.15) is 0 Å². The van der Waals surface area contributed by atoms with E-state index in [1.54, 1.807) is 12.4 Å². The first-order chi connectivity index (χ1) is 11.2. The SMILES string of the molecule is Cc1ncc(-c2nccnc2CC2CCCN(CCO)C2)n1C. The third-order valence-electron chi connectivity index (χ3n) is 4.74. The Bertz CT molecular complexity index is 652. The van der Waals surface area contributed by atoms with Crippen LogP contribution in [0.3, 0.4) is 0 Å². The Balaban J connectivity index is 1.80. The lowest BCUT2D eigenvalue weighted by molar-refractivity contribution is 0.139. The van der Waals surface area contributed by atoms with Gasteiger partial charge in [0.15, 0.2) is 0 Å². The standard InChI is InChI=1S/C17H25N5O/c1-13-20-11-16(21(13)2)17-15(18-5-6-19-17)10-14-4-3-7-22(12-14)8-9-23/h5-6,11,14,23H,3-4,7-10,12H2,1-2H3. The van der Waals surface area contributed by atoms with E-state index >= 15 is 0 Å². The van der Waals surface area contributed by atoms with Crippen LogP contribution < -0.4 is 0 Å². The van der Waals surface area contributed by atoms with Crippen molar-refractivity contribution in [3.8, 4) is 11.4 Å². The van der Waals surface area contributed by atoms with Crippen molar-refractivity contribution in [2.75, 3.05) is 26.2 Å². The molecule has 0 amide bonds. The average Bonchev–Trinajstić information content (AvgIpc) is 2.88. The number of likely N-dealkylation sites (tertiary alicyclic amines) is 1. The normalized spacial score (nSPS) is 19.2. The van der Waals surface area contributed by atoms with E-state index in [2.05, 4.69) is 24.4 Å². The molecule has 0 aromatic carbocycles. The Morgan fingerprint density at radius 3 is 2.83 bits per heavy atom. The molecule has 0 aliphatic carbocycles. The summed E-state index contributed by atoms with van der Waals surface area (Å²) in [6, 6.07) is 0. The molecule has 1 aliphatic heterocycles. The third-order valence-corrected chi connectivity index (χ3v) is 4.74. The fourth-order valence-electron chi connectivity index (χ4n) is 3.39. The number of piperidine rings is 1. The molecule has 0 radical (unpaired) electrons. The number of hydrogen-bond donors (Lipinski definition) is 1. The zero-order valence-electron chi connectivity index (χ0n) is 13.9. The molecule has 2 aromatic heterocycles. The maximum atomic E-state index is 9.15. The van der Waals surface area contributed by atoms with E-state index < -0.39 is 0 Å². The van der Waals surface area contributed by atoms with Crippen LogP contribution in [-0.2, 0) is 13.5 Å². The molecular weight excluding hydrogens is 290 g/mol. The lowest BCUT2D eigenvalue weighted by atomic mass is 9.92. The summed E-state index contributed by atoms with van der Waals surface area (Å²) < 4.78 is 2.06. The van der Waals surface area contributed by atoms with Crippen molar-refractivity contribution < 1.29 is 5.11 Å². The zero-order valence-corrected chi connectivity index (χ0v) is 13.9. The zero-order chi connectivity index (χ0) is 16.2. The molecule has 2 aromatic rings. The number of rotatable bonds is 5. The average molecular weight is 315 g/mol. The summed E-state index contributed by atoms with van der Waals surface area (Å²) in [6.45, 7) is 5.11. The second-order valence-electron chi connectivity index (χ2n) is 6.34. The van der Waals surface area contributed by atoms with Crippen LogP contribution in [0.1, 0.15) is 24.4 Å². The smallest absolute Gasteiger partial charge is 0.110 e. The van der Waals surface area contributed by atoms with Gasteiger partial charge in [-0.3, -0.25) is 9.97 Å². The summed E-state index contributed by atoms with van der Waals surface area (Å²) in [7, 11) is 2.01. The van der Waals surface area contributed by atoms with E-state index in [4.69, 9.17) is 5.11 Å². The quantitative estimate of drug-likeness (QED) is 0.904. The first kappa shape index (κ1) is 16.1. The Morgan fingerprint density at radius 2 is 2.09 bits per heavy atom. The molecule has 3 rings (SSSR count). The summed E-state index contributed by atoms with van der Waals surface area (Å²) in [5, 5.41) is 9.15. The topological polar surface area (TPSA) is 67.1 Å². The van der Waals surface area contributed by atoms with Crippen LogP contribution in [0, 0.1) is 12.8 Å². The number of aryl methyl sites for hydroxylation is 1. The Kier molecular flexibility index (Phi) is 5.03. The summed E-state index contributed by atoms with van der Waals surface area (Å²) in [5.74, 6) is 1.54. The molecule has 1 fully saturated rings. The molecule has 1 N–H and O–H groups in total. The highest BCUT2D eigenvalue weighted by atomic mass is 16.3. The fraction of sp³-hybridized carbons (Fsp3) is 0.588. The minimum absolute atomic E-state index is 0.234. The van der Waals surface area contributed by atoms with E-state index in [-0.39, 0.29) is 6.61 Å². The van der Waals surface area contributed by atoms with Gasteiger partial charge in [-0.15, -0.1) is 0 Å². The lowest BCUT2D eigenvalue weighted by Crippen LogP contribution is -2.38. The Morgan fingerprint density at radius 1 is 1.26 bits per heavy atom. The van der Waals surface area contributed by atoms with Gasteiger partial charge in [0.05, 0.1) is 24.2 Å². The highest BCUT2D eigenvalue weighted by Crippen LogP contribution is 2.25. The monoisotopic (exact) mass is 315 g/mol. The summed E-state index contributed by atoms with van der Waals surface area (Å²) in [6.07, 6.45) is 8.72. The van der Waals surface area contributed by atoms with Gasteiger partial charge in [-0.25, -0.2) is 4.98 Å². The molecule has 124 valence electrons. The van der Waals surface area contributed by atoms with Crippen LogP contribution in [0.15, 0.2) is 18.6 Å². The number of aliphatic hydroxyl groups is 1. The van der Waals surface area contributed by atoms with Crippen molar-refractivity contribution in [2.45, 2.75) is 26.2 Å². The van der Waals surface area contributed by atoms with Gasteiger partial charge >= 0.3 is 0 Å². The minimum atomic E-state index is 0.234. The van der Waals surface area contributed by atoms with Gasteiger partial charge in [-0.1, -0.05) is 0 Å². The minimum Gasteiger partial charge on any atom is -0.395 e. The fourth-order valence-corrected chi connectivity index (χ4v) is 3.39. The van der Waals surface area contributed by atoms with Crippen LogP contribution >= 0.6 is 0 Å². The Hall–Kier alpha value is -1.79. The second kappa shape index (κ2) is 7.19. The lowest BCUT2D eigenvalue weighted by Gasteiger charge is -2.32. The highest BCUT2D eigenvalue weighted by molar-refractivity contribution is 5.57. The van der Waals surface area contributed by atoms with E-state index in [1.807, 2.05) is 20.2 Å². The van der Waals surface area contributed by atoms with Gasteiger partial charge in [-0.05, 0) is 38.6 Å². The maximum absolute atomic E-state index is 9.15. The van der Waals surface area contributed by atoms with E-state index in [1.165, 1.54) is 12.8 Å². The molecule has 0 spiro atoms. The number of β-amino-alcohol motifs (C(OH)–C–C–N with tert-alkyl or cyclic N) is 1. The molecular formula is C17H25N5O. The van der Waals surface area contributed by atoms with Gasteiger partial charge in [0.2, 0.25) is 0 Å². The van der Waals surface area contributed by atoms with E-state index in [0.717, 1.165) is 49.0 Å². The first-order valence-electron chi connectivity index (χ1n) is 8.31. The molecule has 3 heterocycles. The molecule has 1 saturated heterocycles. The van der Waals surface area contributed by atoms with Crippen molar-refractivity contribution >= 4 is 0 Å².